The number of aromatic nitrogens is 1. The molecule has 0 aliphatic rings. The molecule has 4 heteroatoms. The third kappa shape index (κ3) is 2.78. The summed E-state index contributed by atoms with van der Waals surface area (Å²) in [6.45, 7) is 3.95. The van der Waals surface area contributed by atoms with Crippen LogP contribution in [0, 0.1) is 25.2 Å². The zero-order chi connectivity index (χ0) is 13.8. The summed E-state index contributed by atoms with van der Waals surface area (Å²) in [5, 5.41) is 11.6. The minimum Gasteiger partial charge on any atom is -0.322 e. The van der Waals surface area contributed by atoms with Crippen molar-refractivity contribution >= 4 is 11.6 Å². The predicted octanol–water partition coefficient (Wildman–Crippen LogP) is 2.82. The van der Waals surface area contributed by atoms with Crippen LogP contribution < -0.4 is 5.32 Å². The molecule has 1 aromatic carbocycles. The van der Waals surface area contributed by atoms with E-state index in [-0.39, 0.29) is 11.6 Å². The molecule has 1 aromatic heterocycles. The van der Waals surface area contributed by atoms with Crippen LogP contribution in [0.4, 0.5) is 5.69 Å². The van der Waals surface area contributed by atoms with Gasteiger partial charge in [0.05, 0.1) is 0 Å². The highest BCUT2D eigenvalue weighted by Crippen LogP contribution is 2.18. The molecule has 0 unspecified atom stereocenters. The number of carbonyl (C=O) groups is 1. The molecule has 0 aliphatic heterocycles. The first-order valence-corrected chi connectivity index (χ1v) is 5.85. The van der Waals surface area contributed by atoms with E-state index < -0.39 is 0 Å². The lowest BCUT2D eigenvalue weighted by molar-refractivity contribution is 0.102. The number of nitriles is 1. The van der Waals surface area contributed by atoms with Gasteiger partial charge < -0.3 is 5.32 Å². The van der Waals surface area contributed by atoms with Crippen molar-refractivity contribution in [1.82, 2.24) is 4.98 Å². The molecule has 1 heterocycles. The first-order chi connectivity index (χ1) is 9.11. The third-order valence-corrected chi connectivity index (χ3v) is 2.99. The average molecular weight is 251 g/mol. The van der Waals surface area contributed by atoms with E-state index in [2.05, 4.69) is 10.3 Å². The Morgan fingerprint density at radius 1 is 1.32 bits per heavy atom. The number of pyridine rings is 1. The highest BCUT2D eigenvalue weighted by molar-refractivity contribution is 6.04. The van der Waals surface area contributed by atoms with E-state index in [4.69, 9.17) is 5.26 Å². The van der Waals surface area contributed by atoms with Crippen molar-refractivity contribution in [2.75, 3.05) is 5.32 Å². The molecular formula is C15H13N3O. The maximum absolute atomic E-state index is 12.1. The molecule has 4 nitrogen and oxygen atoms in total. The van der Waals surface area contributed by atoms with Crippen LogP contribution in [0.3, 0.4) is 0 Å². The standard InChI is InChI=1S/C15H13N3O/c1-10-4-3-5-14(11(10)2)18-15(19)12-6-7-17-13(8-12)9-16/h3-8H,1-2H3,(H,18,19). The number of anilines is 1. The Morgan fingerprint density at radius 3 is 2.84 bits per heavy atom. The smallest absolute Gasteiger partial charge is 0.255 e. The van der Waals surface area contributed by atoms with Gasteiger partial charge in [0.15, 0.2) is 0 Å². The van der Waals surface area contributed by atoms with Crippen LogP contribution in [0.25, 0.3) is 0 Å². The van der Waals surface area contributed by atoms with Crippen molar-refractivity contribution in [3.8, 4) is 6.07 Å². The number of carbonyl (C=O) groups excluding carboxylic acids is 1. The Labute approximate surface area is 111 Å². The van der Waals surface area contributed by atoms with Gasteiger partial charge in [0.2, 0.25) is 0 Å². The summed E-state index contributed by atoms with van der Waals surface area (Å²) >= 11 is 0. The van der Waals surface area contributed by atoms with Crippen molar-refractivity contribution in [2.24, 2.45) is 0 Å². The highest BCUT2D eigenvalue weighted by Gasteiger charge is 2.09. The first kappa shape index (κ1) is 12.8. The number of rotatable bonds is 2. The average Bonchev–Trinajstić information content (AvgIpc) is 2.44. The van der Waals surface area contributed by atoms with Crippen LogP contribution in [0.2, 0.25) is 0 Å². The van der Waals surface area contributed by atoms with Gasteiger partial charge in [0, 0.05) is 17.4 Å². The maximum atomic E-state index is 12.1. The molecule has 2 aromatic rings. The minimum absolute atomic E-state index is 0.230. The van der Waals surface area contributed by atoms with E-state index in [0.717, 1.165) is 16.8 Å². The van der Waals surface area contributed by atoms with Crippen LogP contribution >= 0.6 is 0 Å². The molecule has 0 aliphatic carbocycles. The monoisotopic (exact) mass is 251 g/mol. The molecule has 19 heavy (non-hydrogen) atoms. The van der Waals surface area contributed by atoms with Crippen LogP contribution in [0.5, 0.6) is 0 Å². The SMILES string of the molecule is Cc1cccc(NC(=O)c2ccnc(C#N)c2)c1C. The van der Waals surface area contributed by atoms with Gasteiger partial charge in [-0.3, -0.25) is 4.79 Å². The number of benzene rings is 1. The zero-order valence-electron chi connectivity index (χ0n) is 10.8. The van der Waals surface area contributed by atoms with E-state index in [1.807, 2.05) is 38.1 Å². The van der Waals surface area contributed by atoms with E-state index in [1.165, 1.54) is 12.3 Å². The fraction of sp³-hybridized carbons (Fsp3) is 0.133. The van der Waals surface area contributed by atoms with Gasteiger partial charge in [-0.25, -0.2) is 4.98 Å². The lowest BCUT2D eigenvalue weighted by Crippen LogP contribution is -2.13. The second kappa shape index (κ2) is 5.32. The van der Waals surface area contributed by atoms with Crippen LogP contribution in [0.1, 0.15) is 27.2 Å². The van der Waals surface area contributed by atoms with Gasteiger partial charge >= 0.3 is 0 Å². The summed E-state index contributed by atoms with van der Waals surface area (Å²) in [5.74, 6) is -0.243. The highest BCUT2D eigenvalue weighted by atomic mass is 16.1. The second-order valence-corrected chi connectivity index (χ2v) is 4.24. The molecular weight excluding hydrogens is 238 g/mol. The molecule has 0 saturated heterocycles. The summed E-state index contributed by atoms with van der Waals surface area (Å²) < 4.78 is 0. The Balaban J connectivity index is 2.26. The number of amides is 1. The largest absolute Gasteiger partial charge is 0.322 e. The van der Waals surface area contributed by atoms with Gasteiger partial charge in [-0.05, 0) is 43.2 Å². The topological polar surface area (TPSA) is 65.8 Å². The number of nitrogens with one attached hydrogen (secondary N) is 1. The molecule has 1 amide bonds. The summed E-state index contributed by atoms with van der Waals surface area (Å²) in [7, 11) is 0. The summed E-state index contributed by atoms with van der Waals surface area (Å²) in [6, 6.07) is 10.7. The molecule has 1 N–H and O–H groups in total. The van der Waals surface area contributed by atoms with E-state index in [9.17, 15) is 4.79 Å². The van der Waals surface area contributed by atoms with E-state index in [1.54, 1.807) is 6.07 Å². The van der Waals surface area contributed by atoms with Gasteiger partial charge in [0.1, 0.15) is 11.8 Å². The molecule has 0 saturated carbocycles. The Bertz CT molecular complexity index is 671. The first-order valence-electron chi connectivity index (χ1n) is 5.85. The quantitative estimate of drug-likeness (QED) is 0.892. The van der Waals surface area contributed by atoms with E-state index in [0.29, 0.717) is 5.56 Å². The van der Waals surface area contributed by atoms with E-state index >= 15 is 0 Å². The molecule has 94 valence electrons. The fourth-order valence-corrected chi connectivity index (χ4v) is 1.71. The van der Waals surface area contributed by atoms with Gasteiger partial charge in [-0.15, -0.1) is 0 Å². The number of nitrogens with zero attached hydrogens (tertiary/aromatic N) is 2. The molecule has 2 rings (SSSR count). The van der Waals surface area contributed by atoms with Crippen LogP contribution in [-0.2, 0) is 0 Å². The lowest BCUT2D eigenvalue weighted by atomic mass is 10.1. The Kier molecular flexibility index (Phi) is 3.58. The molecule has 0 radical (unpaired) electrons. The number of hydrogen-bond acceptors (Lipinski definition) is 3. The Morgan fingerprint density at radius 2 is 2.11 bits per heavy atom. The molecule has 0 atom stereocenters. The maximum Gasteiger partial charge on any atom is 0.255 e. The van der Waals surface area contributed by atoms with Crippen molar-refractivity contribution in [3.05, 3.63) is 58.9 Å². The molecule has 0 fully saturated rings. The van der Waals surface area contributed by atoms with Gasteiger partial charge in [-0.2, -0.15) is 5.26 Å². The summed E-state index contributed by atoms with van der Waals surface area (Å²) in [4.78, 5) is 15.9. The second-order valence-electron chi connectivity index (χ2n) is 4.24. The normalized spacial score (nSPS) is 9.74. The van der Waals surface area contributed by atoms with Crippen molar-refractivity contribution in [2.45, 2.75) is 13.8 Å². The summed E-state index contributed by atoms with van der Waals surface area (Å²) in [5.41, 5.74) is 3.58. The molecule has 0 spiro atoms. The van der Waals surface area contributed by atoms with Crippen molar-refractivity contribution < 1.29 is 4.79 Å². The fourth-order valence-electron chi connectivity index (χ4n) is 1.71. The summed E-state index contributed by atoms with van der Waals surface area (Å²) in [6.07, 6.45) is 1.45. The van der Waals surface area contributed by atoms with Crippen LogP contribution in [-0.4, -0.2) is 10.9 Å². The van der Waals surface area contributed by atoms with Crippen LogP contribution in [0.15, 0.2) is 36.5 Å². The zero-order valence-corrected chi connectivity index (χ0v) is 10.8. The lowest BCUT2D eigenvalue weighted by Gasteiger charge is -2.10. The number of hydrogen-bond donors (Lipinski definition) is 1. The van der Waals surface area contributed by atoms with Gasteiger partial charge in [-0.1, -0.05) is 12.1 Å². The van der Waals surface area contributed by atoms with Crippen molar-refractivity contribution in [3.63, 3.8) is 0 Å². The molecule has 0 bridgehead atoms. The number of aryl methyl sites for hydroxylation is 1. The minimum atomic E-state index is -0.243. The van der Waals surface area contributed by atoms with Crippen molar-refractivity contribution in [1.29, 1.82) is 5.26 Å². The Hall–Kier alpha value is -2.67. The van der Waals surface area contributed by atoms with Gasteiger partial charge in [0.25, 0.3) is 5.91 Å². The predicted molar refractivity (Wildman–Crippen MR) is 72.8 cm³/mol. The third-order valence-electron chi connectivity index (χ3n) is 2.99.